The van der Waals surface area contributed by atoms with Gasteiger partial charge in [-0.3, -0.25) is 9.89 Å². The highest BCUT2D eigenvalue weighted by atomic mass is 32.2. The van der Waals surface area contributed by atoms with Gasteiger partial charge >= 0.3 is 0 Å². The molecule has 0 aromatic carbocycles. The van der Waals surface area contributed by atoms with Crippen molar-refractivity contribution in [2.24, 2.45) is 11.8 Å². The van der Waals surface area contributed by atoms with E-state index in [4.69, 9.17) is 0 Å². The molecule has 23 heavy (non-hydrogen) atoms. The van der Waals surface area contributed by atoms with Crippen LogP contribution in [0, 0.1) is 11.8 Å². The predicted octanol–water partition coefficient (Wildman–Crippen LogP) is 0.762. The van der Waals surface area contributed by atoms with E-state index in [0.717, 1.165) is 31.4 Å². The molecule has 2 aliphatic rings. The molecule has 1 aliphatic heterocycles. The van der Waals surface area contributed by atoms with Gasteiger partial charge in [-0.05, 0) is 37.2 Å². The number of nitrogens with zero attached hydrogens (tertiary/aromatic N) is 2. The number of aromatic nitrogens is 2. The molecule has 1 aromatic rings. The predicted molar refractivity (Wildman–Crippen MR) is 86.5 cm³/mol. The fourth-order valence-electron chi connectivity index (χ4n) is 3.43. The second-order valence-electron chi connectivity index (χ2n) is 6.74. The lowest BCUT2D eigenvalue weighted by molar-refractivity contribution is 0.0778. The number of H-pyrrole nitrogens is 1. The number of amides is 1. The first-order valence-corrected chi connectivity index (χ1v) is 10.1. The number of nitrogens with one attached hydrogen (secondary N) is 2. The van der Waals surface area contributed by atoms with E-state index in [9.17, 15) is 13.2 Å². The Kier molecular flexibility index (Phi) is 4.46. The normalized spacial score (nSPS) is 25.0. The molecule has 2 N–H and O–H groups in total. The lowest BCUT2D eigenvalue weighted by Crippen LogP contribution is -2.41. The van der Waals surface area contributed by atoms with Crippen molar-refractivity contribution in [2.75, 3.05) is 19.3 Å². The van der Waals surface area contributed by atoms with Gasteiger partial charge in [0.1, 0.15) is 5.69 Å². The molecule has 0 spiro atoms. The van der Waals surface area contributed by atoms with Gasteiger partial charge in [-0.25, -0.2) is 13.1 Å². The molecule has 0 unspecified atom stereocenters. The number of sulfonamides is 1. The highest BCUT2D eigenvalue weighted by Crippen LogP contribution is 2.41. The van der Waals surface area contributed by atoms with Crippen LogP contribution in [0.4, 0.5) is 0 Å². The SMILES string of the molecule is CCCc1cc(C(=O)N2C[C@H](NS(C)(=O)=O)[C@@H](C3CC3)C2)n[nH]1. The Hall–Kier alpha value is -1.41. The minimum Gasteiger partial charge on any atom is -0.335 e. The first kappa shape index (κ1) is 16.4. The van der Waals surface area contributed by atoms with Gasteiger partial charge in [0, 0.05) is 24.8 Å². The summed E-state index contributed by atoms with van der Waals surface area (Å²) in [6.07, 6.45) is 5.27. The summed E-state index contributed by atoms with van der Waals surface area (Å²) in [6, 6.07) is 1.62. The minimum atomic E-state index is -3.27. The average Bonchev–Trinajstić information content (AvgIpc) is 3.06. The molecule has 2 fully saturated rings. The van der Waals surface area contributed by atoms with Gasteiger partial charge in [-0.15, -0.1) is 0 Å². The topological polar surface area (TPSA) is 95.2 Å². The summed E-state index contributed by atoms with van der Waals surface area (Å²) < 4.78 is 25.8. The Morgan fingerprint density at radius 3 is 2.78 bits per heavy atom. The molecule has 3 rings (SSSR count). The van der Waals surface area contributed by atoms with Gasteiger partial charge in [0.05, 0.1) is 6.26 Å². The molecule has 0 bridgehead atoms. The number of aryl methyl sites for hydroxylation is 1. The van der Waals surface area contributed by atoms with Crippen LogP contribution in [0.1, 0.15) is 42.4 Å². The van der Waals surface area contributed by atoms with Gasteiger partial charge in [0.15, 0.2) is 0 Å². The van der Waals surface area contributed by atoms with Gasteiger partial charge in [0.25, 0.3) is 5.91 Å². The molecule has 1 amide bonds. The van der Waals surface area contributed by atoms with Crippen LogP contribution >= 0.6 is 0 Å². The van der Waals surface area contributed by atoms with E-state index >= 15 is 0 Å². The maximum absolute atomic E-state index is 12.6. The van der Waals surface area contributed by atoms with E-state index in [1.165, 1.54) is 6.26 Å². The highest BCUT2D eigenvalue weighted by molar-refractivity contribution is 7.88. The minimum absolute atomic E-state index is 0.118. The first-order valence-electron chi connectivity index (χ1n) is 8.18. The fourth-order valence-corrected chi connectivity index (χ4v) is 4.23. The summed E-state index contributed by atoms with van der Waals surface area (Å²) in [5.74, 6) is 0.622. The standard InChI is InChI=1S/C15H24N4O3S/c1-3-4-11-7-13(17-16-11)15(20)19-8-12(10-5-6-10)14(9-19)18-23(2,21)22/h7,10,12,14,18H,3-6,8-9H2,1-2H3,(H,16,17)/t12-,14+/m1/s1. The van der Waals surface area contributed by atoms with Crippen molar-refractivity contribution in [1.82, 2.24) is 19.8 Å². The van der Waals surface area contributed by atoms with Gasteiger partial charge in [-0.2, -0.15) is 5.10 Å². The van der Waals surface area contributed by atoms with E-state index in [0.29, 0.717) is 24.7 Å². The largest absolute Gasteiger partial charge is 0.335 e. The average molecular weight is 340 g/mol. The van der Waals surface area contributed by atoms with Crippen LogP contribution in [0.15, 0.2) is 6.07 Å². The number of carbonyl (C=O) groups excluding carboxylic acids is 1. The van der Waals surface area contributed by atoms with Crippen LogP contribution in [0.25, 0.3) is 0 Å². The van der Waals surface area contributed by atoms with Crippen LogP contribution in [-0.4, -0.2) is 54.8 Å². The van der Waals surface area contributed by atoms with Crippen molar-refractivity contribution < 1.29 is 13.2 Å². The molecule has 2 heterocycles. The van der Waals surface area contributed by atoms with Crippen molar-refractivity contribution in [3.05, 3.63) is 17.5 Å². The summed E-state index contributed by atoms with van der Waals surface area (Å²) in [4.78, 5) is 14.4. The van der Waals surface area contributed by atoms with Crippen molar-refractivity contribution >= 4 is 15.9 Å². The van der Waals surface area contributed by atoms with E-state index in [2.05, 4.69) is 21.8 Å². The Bertz CT molecular complexity index is 681. The molecule has 1 saturated carbocycles. The third-order valence-corrected chi connectivity index (χ3v) is 5.35. The maximum atomic E-state index is 12.6. The number of aromatic amines is 1. The number of hydrogen-bond acceptors (Lipinski definition) is 4. The molecule has 1 saturated heterocycles. The molecule has 1 aliphatic carbocycles. The zero-order chi connectivity index (χ0) is 16.6. The Morgan fingerprint density at radius 2 is 2.17 bits per heavy atom. The Balaban J connectivity index is 1.71. The third-order valence-electron chi connectivity index (χ3n) is 4.61. The number of likely N-dealkylation sites (tertiary alicyclic amines) is 1. The van der Waals surface area contributed by atoms with Crippen molar-refractivity contribution in [3.63, 3.8) is 0 Å². The van der Waals surface area contributed by atoms with Crippen molar-refractivity contribution in [2.45, 2.75) is 38.6 Å². The molecule has 8 heteroatoms. The van der Waals surface area contributed by atoms with E-state index < -0.39 is 10.0 Å². The van der Waals surface area contributed by atoms with Gasteiger partial charge in [0.2, 0.25) is 10.0 Å². The Morgan fingerprint density at radius 1 is 1.43 bits per heavy atom. The van der Waals surface area contributed by atoms with E-state index in [1.807, 2.05) is 0 Å². The lowest BCUT2D eigenvalue weighted by atomic mass is 9.99. The molecular weight excluding hydrogens is 316 g/mol. The molecule has 1 aromatic heterocycles. The third kappa shape index (κ3) is 3.92. The highest BCUT2D eigenvalue weighted by Gasteiger charge is 2.45. The molecule has 2 atom stereocenters. The zero-order valence-corrected chi connectivity index (χ0v) is 14.4. The summed E-state index contributed by atoms with van der Waals surface area (Å²) in [7, 11) is -3.27. The van der Waals surface area contributed by atoms with Crippen LogP contribution < -0.4 is 4.72 Å². The van der Waals surface area contributed by atoms with Crippen LogP contribution in [0.5, 0.6) is 0 Å². The number of rotatable bonds is 6. The van der Waals surface area contributed by atoms with Crippen molar-refractivity contribution in [3.8, 4) is 0 Å². The molecule has 7 nitrogen and oxygen atoms in total. The summed E-state index contributed by atoms with van der Waals surface area (Å²) >= 11 is 0. The second kappa shape index (κ2) is 6.24. The fraction of sp³-hybridized carbons (Fsp3) is 0.733. The van der Waals surface area contributed by atoms with E-state index in [-0.39, 0.29) is 17.9 Å². The molecule has 0 radical (unpaired) electrons. The van der Waals surface area contributed by atoms with E-state index in [1.54, 1.807) is 11.0 Å². The monoisotopic (exact) mass is 340 g/mol. The van der Waals surface area contributed by atoms with Gasteiger partial charge in [-0.1, -0.05) is 13.3 Å². The summed E-state index contributed by atoms with van der Waals surface area (Å²) in [6.45, 7) is 3.10. The maximum Gasteiger partial charge on any atom is 0.274 e. The second-order valence-corrected chi connectivity index (χ2v) is 8.52. The van der Waals surface area contributed by atoms with Crippen LogP contribution in [0.2, 0.25) is 0 Å². The van der Waals surface area contributed by atoms with Crippen LogP contribution in [-0.2, 0) is 16.4 Å². The summed E-state index contributed by atoms with van der Waals surface area (Å²) in [5, 5.41) is 7.01. The zero-order valence-electron chi connectivity index (χ0n) is 13.6. The van der Waals surface area contributed by atoms with Gasteiger partial charge < -0.3 is 4.90 Å². The number of carbonyl (C=O) groups is 1. The first-order chi connectivity index (χ1) is 10.9. The van der Waals surface area contributed by atoms with Crippen LogP contribution in [0.3, 0.4) is 0 Å². The smallest absolute Gasteiger partial charge is 0.274 e. The lowest BCUT2D eigenvalue weighted by Gasteiger charge is -2.17. The van der Waals surface area contributed by atoms with Crippen molar-refractivity contribution in [1.29, 1.82) is 0 Å². The molecule has 128 valence electrons. The Labute approximate surface area is 136 Å². The quantitative estimate of drug-likeness (QED) is 0.799. The molecular formula is C15H24N4O3S. The summed E-state index contributed by atoms with van der Waals surface area (Å²) in [5.41, 5.74) is 1.38. The number of hydrogen-bond donors (Lipinski definition) is 2.